The number of rotatable bonds is 4. The van der Waals surface area contributed by atoms with Crippen molar-refractivity contribution in [2.45, 2.75) is 26.3 Å². The zero-order chi connectivity index (χ0) is 14.7. The summed E-state index contributed by atoms with van der Waals surface area (Å²) in [6.07, 6.45) is 0. The van der Waals surface area contributed by atoms with Crippen LogP contribution in [0, 0.1) is 5.82 Å². The number of nitrogen functional groups attached to an aromatic ring is 1. The fraction of sp³-hybridized carbons (Fsp3) is 0.250. The quantitative estimate of drug-likeness (QED) is 0.795. The van der Waals surface area contributed by atoms with Crippen LogP contribution in [-0.4, -0.2) is 0 Å². The molecule has 0 aliphatic rings. The predicted molar refractivity (Wildman–Crippen MR) is 83.7 cm³/mol. The van der Waals surface area contributed by atoms with Gasteiger partial charge in [-0.1, -0.05) is 49.7 Å². The number of nitrogens with one attached hydrogen (secondary N) is 1. The van der Waals surface area contributed by atoms with Gasteiger partial charge >= 0.3 is 0 Å². The largest absolute Gasteiger partial charge is 0.397 e. The van der Waals surface area contributed by atoms with E-state index < -0.39 is 5.82 Å². The molecular weight excluding hydrogens is 275 g/mol. The number of hydrogen-bond acceptors (Lipinski definition) is 2. The van der Waals surface area contributed by atoms with Gasteiger partial charge in [-0.2, -0.15) is 0 Å². The summed E-state index contributed by atoms with van der Waals surface area (Å²) < 4.78 is 13.2. The van der Waals surface area contributed by atoms with Gasteiger partial charge in [0, 0.05) is 12.6 Å². The minimum Gasteiger partial charge on any atom is -0.397 e. The average Bonchev–Trinajstić information content (AvgIpc) is 2.42. The molecule has 0 fully saturated rings. The second-order valence-electron chi connectivity index (χ2n) is 5.10. The Morgan fingerprint density at radius 2 is 1.85 bits per heavy atom. The molecule has 0 unspecified atom stereocenters. The highest BCUT2D eigenvalue weighted by Gasteiger charge is 2.06. The maximum atomic E-state index is 13.2. The van der Waals surface area contributed by atoms with Crippen LogP contribution in [0.3, 0.4) is 0 Å². The van der Waals surface area contributed by atoms with Crippen LogP contribution in [0.4, 0.5) is 15.8 Å². The van der Waals surface area contributed by atoms with Gasteiger partial charge in [-0.05, 0) is 23.1 Å². The van der Waals surface area contributed by atoms with Crippen LogP contribution in [0.25, 0.3) is 0 Å². The number of anilines is 2. The molecule has 106 valence electrons. The first-order valence-electron chi connectivity index (χ1n) is 6.54. The Labute approximate surface area is 123 Å². The average molecular weight is 293 g/mol. The van der Waals surface area contributed by atoms with E-state index in [9.17, 15) is 4.39 Å². The van der Waals surface area contributed by atoms with E-state index in [0.717, 1.165) is 5.56 Å². The van der Waals surface area contributed by atoms with Crippen LogP contribution in [0.1, 0.15) is 30.9 Å². The molecule has 0 atom stereocenters. The number of hydrogen-bond donors (Lipinski definition) is 2. The molecule has 0 saturated carbocycles. The highest BCUT2D eigenvalue weighted by Crippen LogP contribution is 2.26. The molecule has 0 bridgehead atoms. The van der Waals surface area contributed by atoms with E-state index in [-0.39, 0.29) is 5.02 Å². The first-order valence-corrected chi connectivity index (χ1v) is 6.92. The first kappa shape index (κ1) is 14.7. The molecule has 0 aliphatic heterocycles. The van der Waals surface area contributed by atoms with Gasteiger partial charge in [0.2, 0.25) is 0 Å². The van der Waals surface area contributed by atoms with Crippen molar-refractivity contribution in [2.24, 2.45) is 0 Å². The van der Waals surface area contributed by atoms with Gasteiger partial charge in [0.05, 0.1) is 16.4 Å². The number of nitrogens with two attached hydrogens (primary N) is 1. The van der Waals surface area contributed by atoms with Gasteiger partial charge < -0.3 is 11.1 Å². The Hall–Kier alpha value is -1.74. The van der Waals surface area contributed by atoms with Gasteiger partial charge in [0.15, 0.2) is 0 Å². The van der Waals surface area contributed by atoms with Gasteiger partial charge in [0.1, 0.15) is 5.82 Å². The third kappa shape index (κ3) is 3.42. The molecule has 0 aromatic heterocycles. The summed E-state index contributed by atoms with van der Waals surface area (Å²) in [4.78, 5) is 0. The highest BCUT2D eigenvalue weighted by atomic mass is 35.5. The normalized spacial score (nSPS) is 10.8. The van der Waals surface area contributed by atoms with Crippen molar-refractivity contribution in [2.75, 3.05) is 11.1 Å². The Morgan fingerprint density at radius 1 is 1.20 bits per heavy atom. The standard InChI is InChI=1S/C16H18ClFN2/c1-10(2)12-5-3-11(4-6-12)9-20-16-7-13(17)14(18)8-15(16)19/h3-8,10,20H,9,19H2,1-2H3. The van der Waals surface area contributed by atoms with Crippen LogP contribution in [0.15, 0.2) is 36.4 Å². The maximum Gasteiger partial charge on any atom is 0.143 e. The Kier molecular flexibility index (Phi) is 4.50. The van der Waals surface area contributed by atoms with Crippen LogP contribution >= 0.6 is 11.6 Å². The lowest BCUT2D eigenvalue weighted by Crippen LogP contribution is -2.03. The molecule has 2 aromatic rings. The van der Waals surface area contributed by atoms with E-state index >= 15 is 0 Å². The van der Waals surface area contributed by atoms with Crippen molar-refractivity contribution in [3.05, 3.63) is 58.4 Å². The second-order valence-corrected chi connectivity index (χ2v) is 5.51. The molecule has 2 aromatic carbocycles. The van der Waals surface area contributed by atoms with Crippen LogP contribution in [0.5, 0.6) is 0 Å². The maximum absolute atomic E-state index is 13.2. The van der Waals surface area contributed by atoms with Crippen LogP contribution < -0.4 is 11.1 Å². The van der Waals surface area contributed by atoms with Gasteiger partial charge in [-0.15, -0.1) is 0 Å². The molecule has 2 rings (SSSR count). The molecule has 4 heteroatoms. The van der Waals surface area contributed by atoms with Crippen molar-refractivity contribution in [1.82, 2.24) is 0 Å². The molecule has 3 N–H and O–H groups in total. The summed E-state index contributed by atoms with van der Waals surface area (Å²) in [7, 11) is 0. The van der Waals surface area contributed by atoms with Gasteiger partial charge in [-0.3, -0.25) is 0 Å². The van der Waals surface area contributed by atoms with Crippen LogP contribution in [0.2, 0.25) is 5.02 Å². The molecule has 0 amide bonds. The van der Waals surface area contributed by atoms with E-state index in [1.54, 1.807) is 0 Å². The van der Waals surface area contributed by atoms with E-state index in [4.69, 9.17) is 17.3 Å². The van der Waals surface area contributed by atoms with Crippen molar-refractivity contribution in [3.63, 3.8) is 0 Å². The molecule has 0 radical (unpaired) electrons. The third-order valence-corrected chi connectivity index (χ3v) is 3.51. The molecule has 0 heterocycles. The summed E-state index contributed by atoms with van der Waals surface area (Å²) in [5, 5.41) is 3.24. The minimum absolute atomic E-state index is 0.0665. The topological polar surface area (TPSA) is 38.0 Å². The summed E-state index contributed by atoms with van der Waals surface area (Å²) >= 11 is 5.75. The molecular formula is C16H18ClFN2. The zero-order valence-corrected chi connectivity index (χ0v) is 12.3. The second kappa shape index (κ2) is 6.14. The van der Waals surface area contributed by atoms with Crippen LogP contribution in [-0.2, 0) is 6.54 Å². The highest BCUT2D eigenvalue weighted by molar-refractivity contribution is 6.31. The fourth-order valence-corrected chi connectivity index (χ4v) is 2.10. The first-order chi connectivity index (χ1) is 9.47. The van der Waals surface area contributed by atoms with E-state index in [1.165, 1.54) is 17.7 Å². The van der Waals surface area contributed by atoms with Crippen molar-refractivity contribution in [3.8, 4) is 0 Å². The number of halogens is 2. The fourth-order valence-electron chi connectivity index (χ4n) is 1.93. The molecule has 0 aliphatic carbocycles. The lowest BCUT2D eigenvalue weighted by molar-refractivity contribution is 0.629. The zero-order valence-electron chi connectivity index (χ0n) is 11.6. The van der Waals surface area contributed by atoms with E-state index in [1.807, 2.05) is 0 Å². The SMILES string of the molecule is CC(C)c1ccc(CNc2cc(Cl)c(F)cc2N)cc1. The molecule has 2 nitrogen and oxygen atoms in total. The third-order valence-electron chi connectivity index (χ3n) is 3.22. The monoisotopic (exact) mass is 292 g/mol. The minimum atomic E-state index is -0.504. The Balaban J connectivity index is 2.07. The molecule has 0 spiro atoms. The van der Waals surface area contributed by atoms with Gasteiger partial charge in [-0.25, -0.2) is 4.39 Å². The summed E-state index contributed by atoms with van der Waals surface area (Å²) in [5.41, 5.74) is 9.19. The van der Waals surface area contributed by atoms with E-state index in [0.29, 0.717) is 23.8 Å². The lowest BCUT2D eigenvalue weighted by Gasteiger charge is -2.11. The molecule has 20 heavy (non-hydrogen) atoms. The van der Waals surface area contributed by atoms with Gasteiger partial charge in [0.25, 0.3) is 0 Å². The smallest absolute Gasteiger partial charge is 0.143 e. The number of benzene rings is 2. The summed E-state index contributed by atoms with van der Waals surface area (Å²) in [5.74, 6) is 0.0135. The molecule has 0 saturated heterocycles. The van der Waals surface area contributed by atoms with Crippen molar-refractivity contribution in [1.29, 1.82) is 0 Å². The Morgan fingerprint density at radius 3 is 2.45 bits per heavy atom. The lowest BCUT2D eigenvalue weighted by atomic mass is 10.0. The van der Waals surface area contributed by atoms with Crippen molar-refractivity contribution >= 4 is 23.0 Å². The van der Waals surface area contributed by atoms with Crippen molar-refractivity contribution < 1.29 is 4.39 Å². The predicted octanol–water partition coefficient (Wildman–Crippen LogP) is 4.80. The van der Waals surface area contributed by atoms with E-state index in [2.05, 4.69) is 43.4 Å². The summed E-state index contributed by atoms with van der Waals surface area (Å²) in [6.45, 7) is 4.94. The summed E-state index contributed by atoms with van der Waals surface area (Å²) in [6, 6.07) is 11.1. The Bertz CT molecular complexity index is 594.